The van der Waals surface area contributed by atoms with Crippen LogP contribution in [0.2, 0.25) is 0 Å². The number of rotatable bonds is 9. The second kappa shape index (κ2) is 9.40. The summed E-state index contributed by atoms with van der Waals surface area (Å²) in [7, 11) is 1.94. The number of carbonyl (C=O) groups is 1. The van der Waals surface area contributed by atoms with Gasteiger partial charge in [-0.1, -0.05) is 32.9 Å². The molecule has 1 rings (SSSR count). The van der Waals surface area contributed by atoms with Gasteiger partial charge in [0.1, 0.15) is 0 Å². The van der Waals surface area contributed by atoms with Gasteiger partial charge in [0.15, 0.2) is 0 Å². The van der Waals surface area contributed by atoms with E-state index in [2.05, 4.69) is 55.7 Å². The monoisotopic (exact) mass is 291 g/mol. The first kappa shape index (κ1) is 17.5. The van der Waals surface area contributed by atoms with Crippen molar-refractivity contribution in [2.45, 2.75) is 33.7 Å². The van der Waals surface area contributed by atoms with Gasteiger partial charge in [-0.2, -0.15) is 0 Å². The molecule has 0 spiro atoms. The molecule has 1 aromatic carbocycles. The number of anilines is 1. The topological polar surface area (TPSA) is 44.4 Å². The summed E-state index contributed by atoms with van der Waals surface area (Å²) < 4.78 is 0. The molecule has 0 saturated heterocycles. The molecule has 0 aromatic heterocycles. The number of carbonyl (C=O) groups excluding carboxylic acids is 1. The number of hydrogen-bond acceptors (Lipinski definition) is 3. The number of amides is 1. The van der Waals surface area contributed by atoms with Crippen LogP contribution in [0.25, 0.3) is 0 Å². The van der Waals surface area contributed by atoms with Crippen LogP contribution in [0.1, 0.15) is 32.8 Å². The average Bonchev–Trinajstić information content (AvgIpc) is 2.45. The minimum Gasteiger partial charge on any atom is -0.365 e. The number of likely N-dealkylation sites (N-methyl/N-ethyl adjacent to an activating group) is 1. The molecule has 0 heterocycles. The van der Waals surface area contributed by atoms with Crippen LogP contribution < -0.4 is 15.5 Å². The third kappa shape index (κ3) is 7.14. The highest BCUT2D eigenvalue weighted by molar-refractivity contribution is 5.81. The molecule has 21 heavy (non-hydrogen) atoms. The van der Waals surface area contributed by atoms with E-state index in [4.69, 9.17) is 0 Å². The van der Waals surface area contributed by atoms with Gasteiger partial charge in [-0.15, -0.1) is 0 Å². The lowest BCUT2D eigenvalue weighted by Gasteiger charge is -2.19. The summed E-state index contributed by atoms with van der Waals surface area (Å²) in [6.45, 7) is 9.51. The van der Waals surface area contributed by atoms with Crippen LogP contribution in [0.5, 0.6) is 0 Å². The van der Waals surface area contributed by atoms with Gasteiger partial charge < -0.3 is 15.5 Å². The van der Waals surface area contributed by atoms with E-state index in [1.807, 2.05) is 11.9 Å². The van der Waals surface area contributed by atoms with Crippen LogP contribution in [-0.4, -0.2) is 32.6 Å². The Bertz CT molecular complexity index is 415. The zero-order valence-corrected chi connectivity index (χ0v) is 13.8. The summed E-state index contributed by atoms with van der Waals surface area (Å²) in [5.41, 5.74) is 2.33. The van der Waals surface area contributed by atoms with Crippen LogP contribution in [0.3, 0.4) is 0 Å². The number of hydrogen-bond donors (Lipinski definition) is 2. The Morgan fingerprint density at radius 1 is 1.24 bits per heavy atom. The Hall–Kier alpha value is -1.55. The van der Waals surface area contributed by atoms with Gasteiger partial charge >= 0.3 is 0 Å². The minimum atomic E-state index is 0.0713. The van der Waals surface area contributed by atoms with Crippen LogP contribution in [0.4, 0.5) is 5.69 Å². The van der Waals surface area contributed by atoms with Crippen molar-refractivity contribution in [2.75, 3.05) is 31.6 Å². The molecular weight excluding hydrogens is 262 g/mol. The first-order valence-electron chi connectivity index (χ1n) is 7.80. The van der Waals surface area contributed by atoms with Crippen molar-refractivity contribution in [3.05, 3.63) is 29.8 Å². The van der Waals surface area contributed by atoms with Crippen molar-refractivity contribution < 1.29 is 4.79 Å². The molecule has 118 valence electrons. The molecule has 1 amide bonds. The second-order valence-corrected chi connectivity index (χ2v) is 5.90. The highest BCUT2D eigenvalue weighted by atomic mass is 16.2. The fraction of sp³-hybridized carbons (Fsp3) is 0.588. The van der Waals surface area contributed by atoms with Crippen LogP contribution in [0, 0.1) is 5.92 Å². The van der Waals surface area contributed by atoms with E-state index in [0.717, 1.165) is 31.7 Å². The first-order chi connectivity index (χ1) is 10.0. The van der Waals surface area contributed by atoms with Gasteiger partial charge in [-0.05, 0) is 36.6 Å². The van der Waals surface area contributed by atoms with Crippen molar-refractivity contribution in [2.24, 2.45) is 5.92 Å². The highest BCUT2D eigenvalue weighted by Gasteiger charge is 2.06. The molecule has 0 aliphatic heterocycles. The molecule has 2 N–H and O–H groups in total. The fourth-order valence-electron chi connectivity index (χ4n) is 2.00. The van der Waals surface area contributed by atoms with Gasteiger partial charge in [-0.25, -0.2) is 0 Å². The predicted molar refractivity (Wildman–Crippen MR) is 89.6 cm³/mol. The van der Waals surface area contributed by atoms with Crippen LogP contribution in [-0.2, 0) is 11.3 Å². The number of benzene rings is 1. The van der Waals surface area contributed by atoms with Crippen molar-refractivity contribution in [3.8, 4) is 0 Å². The molecule has 1 aromatic rings. The maximum atomic E-state index is 11.7. The van der Waals surface area contributed by atoms with Crippen LogP contribution >= 0.6 is 0 Å². The third-order valence-corrected chi connectivity index (χ3v) is 3.21. The Balaban J connectivity index is 2.43. The molecule has 0 saturated carbocycles. The van der Waals surface area contributed by atoms with Crippen molar-refractivity contribution in [1.29, 1.82) is 0 Å². The van der Waals surface area contributed by atoms with E-state index >= 15 is 0 Å². The summed E-state index contributed by atoms with van der Waals surface area (Å²) in [6, 6.07) is 8.37. The summed E-state index contributed by atoms with van der Waals surface area (Å²) in [5.74, 6) is 0.735. The summed E-state index contributed by atoms with van der Waals surface area (Å²) in [6.07, 6.45) is 0.966. The van der Waals surface area contributed by atoms with E-state index in [-0.39, 0.29) is 5.91 Å². The zero-order chi connectivity index (χ0) is 15.7. The van der Waals surface area contributed by atoms with E-state index in [9.17, 15) is 4.79 Å². The first-order valence-corrected chi connectivity index (χ1v) is 7.80. The molecule has 4 nitrogen and oxygen atoms in total. The maximum absolute atomic E-state index is 11.7. The van der Waals surface area contributed by atoms with E-state index < -0.39 is 0 Å². The molecule has 0 bridgehead atoms. The van der Waals surface area contributed by atoms with E-state index in [1.54, 1.807) is 0 Å². The Kier molecular flexibility index (Phi) is 7.83. The molecule has 0 fully saturated rings. The summed E-state index contributed by atoms with van der Waals surface area (Å²) >= 11 is 0. The SMILES string of the molecule is CCCNC(=O)CN(C)c1ccc(CNCC(C)C)cc1. The molecule has 0 aliphatic carbocycles. The summed E-state index contributed by atoms with van der Waals surface area (Å²) in [5, 5.41) is 6.32. The lowest BCUT2D eigenvalue weighted by molar-refractivity contribution is -0.119. The quantitative estimate of drug-likeness (QED) is 0.734. The largest absolute Gasteiger partial charge is 0.365 e. The van der Waals surface area contributed by atoms with Gasteiger partial charge in [-0.3, -0.25) is 4.79 Å². The fourth-order valence-corrected chi connectivity index (χ4v) is 2.00. The molecule has 0 aliphatic rings. The van der Waals surface area contributed by atoms with Gasteiger partial charge in [0, 0.05) is 25.8 Å². The second-order valence-electron chi connectivity index (χ2n) is 5.90. The lowest BCUT2D eigenvalue weighted by atomic mass is 10.1. The molecule has 0 atom stereocenters. The standard InChI is InChI=1S/C17H29N3O/c1-5-10-19-17(21)13-20(4)16-8-6-15(7-9-16)12-18-11-14(2)3/h6-9,14,18H,5,10-13H2,1-4H3,(H,19,21). The number of nitrogens with one attached hydrogen (secondary N) is 2. The third-order valence-electron chi connectivity index (χ3n) is 3.21. The number of nitrogens with zero attached hydrogens (tertiary/aromatic N) is 1. The molecule has 4 heteroatoms. The minimum absolute atomic E-state index is 0.0713. The molecule has 0 unspecified atom stereocenters. The van der Waals surface area contributed by atoms with E-state index in [0.29, 0.717) is 12.5 Å². The Morgan fingerprint density at radius 2 is 1.90 bits per heavy atom. The van der Waals surface area contributed by atoms with Crippen molar-refractivity contribution in [3.63, 3.8) is 0 Å². The average molecular weight is 291 g/mol. The van der Waals surface area contributed by atoms with Crippen molar-refractivity contribution >= 4 is 11.6 Å². The highest BCUT2D eigenvalue weighted by Crippen LogP contribution is 2.13. The maximum Gasteiger partial charge on any atom is 0.239 e. The normalized spacial score (nSPS) is 10.7. The smallest absolute Gasteiger partial charge is 0.239 e. The van der Waals surface area contributed by atoms with Crippen LogP contribution in [0.15, 0.2) is 24.3 Å². The molecule has 0 radical (unpaired) electrons. The van der Waals surface area contributed by atoms with Crippen molar-refractivity contribution in [1.82, 2.24) is 10.6 Å². The lowest BCUT2D eigenvalue weighted by Crippen LogP contribution is -2.35. The van der Waals surface area contributed by atoms with Gasteiger partial charge in [0.05, 0.1) is 6.54 Å². The van der Waals surface area contributed by atoms with Gasteiger partial charge in [0.2, 0.25) is 5.91 Å². The molecular formula is C17H29N3O. The zero-order valence-electron chi connectivity index (χ0n) is 13.8. The van der Waals surface area contributed by atoms with E-state index in [1.165, 1.54) is 5.56 Å². The summed E-state index contributed by atoms with van der Waals surface area (Å²) in [4.78, 5) is 13.7. The van der Waals surface area contributed by atoms with Gasteiger partial charge in [0.25, 0.3) is 0 Å². The predicted octanol–water partition coefficient (Wildman–Crippen LogP) is 2.39. The Labute approximate surface area is 128 Å². The Morgan fingerprint density at radius 3 is 2.48 bits per heavy atom.